The van der Waals surface area contributed by atoms with Gasteiger partial charge in [-0.3, -0.25) is 0 Å². The molecule has 1 saturated heterocycles. The first-order valence-corrected chi connectivity index (χ1v) is 13.3. The van der Waals surface area contributed by atoms with Gasteiger partial charge in [0, 0.05) is 33.3 Å². The molecule has 34 heavy (non-hydrogen) atoms. The summed E-state index contributed by atoms with van der Waals surface area (Å²) in [5, 5.41) is 19.6. The van der Waals surface area contributed by atoms with E-state index in [2.05, 4.69) is 22.9 Å². The van der Waals surface area contributed by atoms with Crippen molar-refractivity contribution in [2.45, 2.75) is 82.5 Å². The number of ether oxygens (including phenoxy) is 2. The van der Waals surface area contributed by atoms with E-state index in [1.807, 2.05) is 19.9 Å². The Balaban J connectivity index is 1.62. The summed E-state index contributed by atoms with van der Waals surface area (Å²) in [6, 6.07) is 7.48. The highest BCUT2D eigenvalue weighted by molar-refractivity contribution is 7.87. The van der Waals surface area contributed by atoms with E-state index in [0.717, 1.165) is 35.6 Å². The SMILES string of the molecule is COC(O)N1[C@H](C)C[C@H](NS(=O)(=O)N(C)C)[C@@H]1COC1CCC(c2ccc(C#N)c(C)c2)CC1. The van der Waals surface area contributed by atoms with Crippen LogP contribution in [0.5, 0.6) is 0 Å². The fraction of sp³-hybridized carbons (Fsp3) is 0.708. The Morgan fingerprint density at radius 3 is 2.53 bits per heavy atom. The number of hydrogen-bond donors (Lipinski definition) is 2. The first kappa shape index (κ1) is 27.0. The zero-order chi connectivity index (χ0) is 25.0. The van der Waals surface area contributed by atoms with Gasteiger partial charge >= 0.3 is 0 Å². The molecule has 10 heteroatoms. The number of likely N-dealkylation sites (tertiary alicyclic amines) is 1. The van der Waals surface area contributed by atoms with Gasteiger partial charge in [0.25, 0.3) is 10.2 Å². The van der Waals surface area contributed by atoms with Crippen molar-refractivity contribution < 1.29 is 23.0 Å². The molecule has 2 N–H and O–H groups in total. The Morgan fingerprint density at radius 1 is 1.29 bits per heavy atom. The summed E-state index contributed by atoms with van der Waals surface area (Å²) in [7, 11) is 0.780. The fourth-order valence-electron chi connectivity index (χ4n) is 5.17. The minimum atomic E-state index is -3.62. The molecule has 9 nitrogen and oxygen atoms in total. The molecule has 1 aliphatic carbocycles. The second-order valence-corrected chi connectivity index (χ2v) is 11.6. The van der Waals surface area contributed by atoms with Gasteiger partial charge in [-0.2, -0.15) is 22.7 Å². The molecule has 4 atom stereocenters. The van der Waals surface area contributed by atoms with Crippen LogP contribution in [0.3, 0.4) is 0 Å². The van der Waals surface area contributed by atoms with Gasteiger partial charge in [0.05, 0.1) is 30.4 Å². The third kappa shape index (κ3) is 6.15. The van der Waals surface area contributed by atoms with Crippen LogP contribution >= 0.6 is 0 Å². The van der Waals surface area contributed by atoms with E-state index >= 15 is 0 Å². The number of aliphatic hydroxyl groups is 1. The standard InChI is InChI=1S/C24H38N4O5S/c1-16-12-19(6-7-20(16)14-25)18-8-10-21(11-9-18)33-15-23-22(26-34(30,31)27(3)4)13-17(2)28(23)24(29)32-5/h6-7,12,17-18,21-24,26,29H,8-11,13,15H2,1-5H3/t17-,18?,21?,22+,23+,24?/m1/s1. The van der Waals surface area contributed by atoms with E-state index in [1.165, 1.54) is 26.8 Å². The lowest BCUT2D eigenvalue weighted by Crippen LogP contribution is -2.53. The molecule has 0 amide bonds. The van der Waals surface area contributed by atoms with Crippen LogP contribution in [0.1, 0.15) is 61.6 Å². The number of rotatable bonds is 9. The normalized spacial score (nSPS) is 29.3. The molecule has 1 saturated carbocycles. The molecule has 190 valence electrons. The number of hydrogen-bond acceptors (Lipinski definition) is 7. The zero-order valence-corrected chi connectivity index (χ0v) is 21.6. The Hall–Kier alpha value is -1.58. The van der Waals surface area contributed by atoms with Crippen molar-refractivity contribution in [3.63, 3.8) is 0 Å². The summed E-state index contributed by atoms with van der Waals surface area (Å²) in [6.45, 7) is 4.22. The van der Waals surface area contributed by atoms with Crippen molar-refractivity contribution in [3.05, 3.63) is 34.9 Å². The van der Waals surface area contributed by atoms with Gasteiger partial charge < -0.3 is 14.6 Å². The van der Waals surface area contributed by atoms with Gasteiger partial charge in [0.2, 0.25) is 6.41 Å². The Morgan fingerprint density at radius 2 is 1.97 bits per heavy atom. The molecular weight excluding hydrogens is 456 g/mol. The van der Waals surface area contributed by atoms with Crippen LogP contribution < -0.4 is 4.72 Å². The molecule has 1 heterocycles. The summed E-state index contributed by atoms with van der Waals surface area (Å²) in [4.78, 5) is 1.79. The van der Waals surface area contributed by atoms with Crippen molar-refractivity contribution in [3.8, 4) is 6.07 Å². The third-order valence-electron chi connectivity index (χ3n) is 7.22. The lowest BCUT2D eigenvalue weighted by molar-refractivity contribution is -0.199. The molecule has 1 aromatic carbocycles. The minimum Gasteiger partial charge on any atom is -0.377 e. The first-order valence-electron chi connectivity index (χ1n) is 11.9. The van der Waals surface area contributed by atoms with E-state index in [9.17, 15) is 13.5 Å². The molecule has 0 bridgehead atoms. The van der Waals surface area contributed by atoms with Gasteiger partial charge in [0.15, 0.2) is 0 Å². The van der Waals surface area contributed by atoms with Crippen molar-refractivity contribution in [1.82, 2.24) is 13.9 Å². The average molecular weight is 495 g/mol. The monoisotopic (exact) mass is 494 g/mol. The molecule has 0 radical (unpaired) electrons. The maximum Gasteiger partial charge on any atom is 0.279 e. The number of benzene rings is 1. The van der Waals surface area contributed by atoms with Crippen molar-refractivity contribution in [1.29, 1.82) is 5.26 Å². The van der Waals surface area contributed by atoms with Crippen molar-refractivity contribution >= 4 is 10.2 Å². The van der Waals surface area contributed by atoms with E-state index < -0.39 is 22.7 Å². The Bertz CT molecular complexity index is 972. The highest BCUT2D eigenvalue weighted by atomic mass is 32.2. The van der Waals surface area contributed by atoms with Crippen LogP contribution in [0, 0.1) is 18.3 Å². The topological polar surface area (TPSA) is 115 Å². The molecule has 1 aliphatic heterocycles. The number of methoxy groups -OCH3 is 1. The Kier molecular flexibility index (Phi) is 9.09. The molecule has 2 fully saturated rings. The molecule has 1 aromatic rings. The lowest BCUT2D eigenvalue weighted by atomic mass is 9.82. The predicted octanol–water partition coefficient (Wildman–Crippen LogP) is 2.06. The summed E-state index contributed by atoms with van der Waals surface area (Å²) < 4.78 is 40.3. The summed E-state index contributed by atoms with van der Waals surface area (Å²) in [5.74, 6) is 0.448. The second-order valence-electron chi connectivity index (χ2n) is 9.67. The average Bonchev–Trinajstić information content (AvgIpc) is 3.11. The quantitative estimate of drug-likeness (QED) is 0.505. The smallest absolute Gasteiger partial charge is 0.279 e. The second kappa shape index (κ2) is 11.4. The van der Waals surface area contributed by atoms with Crippen LogP contribution in [-0.4, -0.2) is 81.2 Å². The van der Waals surface area contributed by atoms with Crippen LogP contribution in [0.2, 0.25) is 0 Å². The summed E-state index contributed by atoms with van der Waals surface area (Å²) in [5.41, 5.74) is 3.00. The molecule has 3 rings (SSSR count). The lowest BCUT2D eigenvalue weighted by Gasteiger charge is -2.35. The summed E-state index contributed by atoms with van der Waals surface area (Å²) >= 11 is 0. The van der Waals surface area contributed by atoms with Crippen molar-refractivity contribution in [2.75, 3.05) is 27.8 Å². The van der Waals surface area contributed by atoms with Crippen LogP contribution in [0.4, 0.5) is 0 Å². The van der Waals surface area contributed by atoms with E-state index in [4.69, 9.17) is 14.7 Å². The van der Waals surface area contributed by atoms with Crippen molar-refractivity contribution in [2.24, 2.45) is 0 Å². The fourth-order valence-corrected chi connectivity index (χ4v) is 6.02. The molecule has 0 spiro atoms. The molecule has 0 aromatic heterocycles. The van der Waals surface area contributed by atoms with Gasteiger partial charge in [-0.25, -0.2) is 4.90 Å². The zero-order valence-electron chi connectivity index (χ0n) is 20.8. The highest BCUT2D eigenvalue weighted by Gasteiger charge is 2.44. The number of nitrogens with zero attached hydrogens (tertiary/aromatic N) is 3. The van der Waals surface area contributed by atoms with E-state index in [-0.39, 0.29) is 18.2 Å². The first-order chi connectivity index (χ1) is 16.1. The van der Waals surface area contributed by atoms with Crippen LogP contribution in [-0.2, 0) is 19.7 Å². The van der Waals surface area contributed by atoms with Crippen LogP contribution in [0.25, 0.3) is 0 Å². The third-order valence-corrected chi connectivity index (χ3v) is 8.78. The molecule has 1 unspecified atom stereocenters. The van der Waals surface area contributed by atoms with Gasteiger partial charge in [-0.1, -0.05) is 12.1 Å². The molecule has 2 aliphatic rings. The minimum absolute atomic E-state index is 0.0752. The number of aliphatic hydroxyl groups excluding tert-OH is 1. The Labute approximate surface area is 203 Å². The largest absolute Gasteiger partial charge is 0.377 e. The van der Waals surface area contributed by atoms with E-state index in [0.29, 0.717) is 24.5 Å². The van der Waals surface area contributed by atoms with Gasteiger partial charge in [-0.05, 0) is 69.1 Å². The number of aryl methyl sites for hydroxylation is 1. The maximum atomic E-state index is 12.5. The van der Waals surface area contributed by atoms with Gasteiger partial charge in [0.1, 0.15) is 0 Å². The highest BCUT2D eigenvalue weighted by Crippen LogP contribution is 2.35. The van der Waals surface area contributed by atoms with Gasteiger partial charge in [-0.15, -0.1) is 0 Å². The number of nitrogens with one attached hydrogen (secondary N) is 1. The number of nitriles is 1. The predicted molar refractivity (Wildman–Crippen MR) is 129 cm³/mol. The van der Waals surface area contributed by atoms with Crippen LogP contribution in [0.15, 0.2) is 18.2 Å². The van der Waals surface area contributed by atoms with E-state index in [1.54, 1.807) is 4.90 Å². The molecular formula is C24H38N4O5S. The maximum absolute atomic E-state index is 12.5. The summed E-state index contributed by atoms with van der Waals surface area (Å²) in [6.07, 6.45) is 3.31.